The van der Waals surface area contributed by atoms with E-state index in [0.29, 0.717) is 23.1 Å². The zero-order chi connectivity index (χ0) is 18.4. The van der Waals surface area contributed by atoms with E-state index in [9.17, 15) is 4.57 Å². The molecule has 0 amide bonds. The van der Waals surface area contributed by atoms with E-state index in [1.807, 2.05) is 60.7 Å². The van der Waals surface area contributed by atoms with Crippen molar-refractivity contribution in [2.45, 2.75) is 19.8 Å². The van der Waals surface area contributed by atoms with Gasteiger partial charge in [0.05, 0.1) is 0 Å². The molecular formula is C21H22NO3P. The molecule has 5 heteroatoms. The minimum atomic E-state index is -3.67. The molecule has 0 aliphatic heterocycles. The molecule has 3 rings (SSSR count). The van der Waals surface area contributed by atoms with E-state index in [4.69, 9.17) is 9.05 Å². The van der Waals surface area contributed by atoms with Crippen molar-refractivity contribution >= 4 is 13.4 Å². The highest BCUT2D eigenvalue weighted by Crippen LogP contribution is 2.48. The van der Waals surface area contributed by atoms with Crippen LogP contribution >= 0.6 is 7.75 Å². The van der Waals surface area contributed by atoms with Gasteiger partial charge in [-0.25, -0.2) is 4.57 Å². The van der Waals surface area contributed by atoms with E-state index >= 15 is 0 Å². The Hall–Kier alpha value is -2.71. The maximum Gasteiger partial charge on any atom is 0.541 e. The van der Waals surface area contributed by atoms with E-state index in [1.165, 1.54) is 5.56 Å². The van der Waals surface area contributed by atoms with Gasteiger partial charge in [0.15, 0.2) is 0 Å². The first-order valence-corrected chi connectivity index (χ1v) is 10.1. The summed E-state index contributed by atoms with van der Waals surface area (Å²) in [7, 11) is -3.67. The molecule has 0 saturated heterocycles. The SMILES string of the molecule is CC(C)c1ccc(NP(=O)(Oc2ccccc2)Oc2ccccc2)cc1. The molecule has 0 atom stereocenters. The summed E-state index contributed by atoms with van der Waals surface area (Å²) in [5.41, 5.74) is 1.88. The smallest absolute Gasteiger partial charge is 0.400 e. The van der Waals surface area contributed by atoms with Crippen LogP contribution in [0.2, 0.25) is 0 Å². The van der Waals surface area contributed by atoms with Crippen LogP contribution in [0.25, 0.3) is 0 Å². The summed E-state index contributed by atoms with van der Waals surface area (Å²) in [4.78, 5) is 0. The summed E-state index contributed by atoms with van der Waals surface area (Å²) in [5.74, 6) is 1.37. The molecule has 0 aliphatic carbocycles. The molecule has 3 aromatic carbocycles. The lowest BCUT2D eigenvalue weighted by molar-refractivity contribution is 0.393. The average molecular weight is 367 g/mol. The van der Waals surface area contributed by atoms with Crippen molar-refractivity contribution in [3.8, 4) is 11.5 Å². The Kier molecular flexibility index (Phi) is 5.65. The maximum atomic E-state index is 13.4. The normalized spacial score (nSPS) is 11.2. The van der Waals surface area contributed by atoms with Crippen molar-refractivity contribution in [3.63, 3.8) is 0 Å². The Morgan fingerprint density at radius 1 is 0.731 bits per heavy atom. The minimum absolute atomic E-state index is 0.428. The fourth-order valence-electron chi connectivity index (χ4n) is 2.41. The summed E-state index contributed by atoms with van der Waals surface area (Å²) < 4.78 is 24.8. The first kappa shape index (κ1) is 18.1. The van der Waals surface area contributed by atoms with Gasteiger partial charge in [0.25, 0.3) is 0 Å². The second kappa shape index (κ2) is 8.11. The average Bonchev–Trinajstić information content (AvgIpc) is 2.63. The number of rotatable bonds is 7. The van der Waals surface area contributed by atoms with Gasteiger partial charge in [0.1, 0.15) is 11.5 Å². The zero-order valence-electron chi connectivity index (χ0n) is 14.8. The molecule has 26 heavy (non-hydrogen) atoms. The van der Waals surface area contributed by atoms with Crippen molar-refractivity contribution in [3.05, 3.63) is 90.5 Å². The molecule has 0 radical (unpaired) electrons. The van der Waals surface area contributed by atoms with Gasteiger partial charge >= 0.3 is 7.75 Å². The van der Waals surface area contributed by atoms with Crippen LogP contribution in [0.4, 0.5) is 5.69 Å². The van der Waals surface area contributed by atoms with Crippen LogP contribution in [-0.2, 0) is 4.57 Å². The van der Waals surface area contributed by atoms with E-state index in [-0.39, 0.29) is 0 Å². The summed E-state index contributed by atoms with van der Waals surface area (Å²) in [6.07, 6.45) is 0. The van der Waals surface area contributed by atoms with Gasteiger partial charge in [-0.15, -0.1) is 0 Å². The predicted octanol–water partition coefficient (Wildman–Crippen LogP) is 6.49. The van der Waals surface area contributed by atoms with E-state index in [0.717, 1.165) is 0 Å². The Morgan fingerprint density at radius 3 is 1.62 bits per heavy atom. The van der Waals surface area contributed by atoms with Crippen molar-refractivity contribution < 1.29 is 13.6 Å². The molecule has 0 bridgehead atoms. The van der Waals surface area contributed by atoms with Crippen molar-refractivity contribution in [1.29, 1.82) is 0 Å². The Labute approximate surface area is 154 Å². The number of anilines is 1. The van der Waals surface area contributed by atoms with Crippen LogP contribution in [0.15, 0.2) is 84.9 Å². The van der Waals surface area contributed by atoms with Gasteiger partial charge in [-0.3, -0.25) is 5.09 Å². The van der Waals surface area contributed by atoms with Crippen molar-refractivity contribution in [2.75, 3.05) is 5.09 Å². The molecule has 0 aliphatic rings. The van der Waals surface area contributed by atoms with Gasteiger partial charge in [-0.05, 0) is 47.9 Å². The van der Waals surface area contributed by atoms with E-state index < -0.39 is 7.75 Å². The largest absolute Gasteiger partial charge is 0.541 e. The van der Waals surface area contributed by atoms with Crippen molar-refractivity contribution in [1.82, 2.24) is 0 Å². The number of benzene rings is 3. The fourth-order valence-corrected chi connectivity index (χ4v) is 3.80. The molecule has 0 unspecified atom stereocenters. The van der Waals surface area contributed by atoms with E-state index in [1.54, 1.807) is 24.3 Å². The molecule has 0 heterocycles. The Bertz CT molecular complexity index is 819. The lowest BCUT2D eigenvalue weighted by atomic mass is 10.0. The highest BCUT2D eigenvalue weighted by Gasteiger charge is 2.29. The monoisotopic (exact) mass is 367 g/mol. The number of hydrogen-bond donors (Lipinski definition) is 1. The molecule has 3 aromatic rings. The fraction of sp³-hybridized carbons (Fsp3) is 0.143. The van der Waals surface area contributed by atoms with Crippen molar-refractivity contribution in [2.24, 2.45) is 0 Å². The van der Waals surface area contributed by atoms with Gasteiger partial charge in [-0.2, -0.15) is 0 Å². The third-order valence-corrected chi connectivity index (χ3v) is 5.22. The van der Waals surface area contributed by atoms with Gasteiger partial charge in [-0.1, -0.05) is 62.4 Å². The summed E-state index contributed by atoms with van der Waals surface area (Å²) in [6, 6.07) is 25.7. The molecule has 1 N–H and O–H groups in total. The quantitative estimate of drug-likeness (QED) is 0.485. The molecule has 0 saturated carbocycles. The lowest BCUT2D eigenvalue weighted by Gasteiger charge is -2.21. The highest BCUT2D eigenvalue weighted by atomic mass is 31.2. The third kappa shape index (κ3) is 4.90. The molecule has 0 fully saturated rings. The van der Waals surface area contributed by atoms with Gasteiger partial charge < -0.3 is 9.05 Å². The number of nitrogens with one attached hydrogen (secondary N) is 1. The first-order valence-electron chi connectivity index (χ1n) is 8.52. The minimum Gasteiger partial charge on any atom is -0.400 e. The number of para-hydroxylation sites is 2. The van der Waals surface area contributed by atoms with Crippen LogP contribution in [0.5, 0.6) is 11.5 Å². The van der Waals surface area contributed by atoms with Crippen LogP contribution in [-0.4, -0.2) is 0 Å². The summed E-state index contributed by atoms with van der Waals surface area (Å²) in [5, 5.41) is 2.93. The van der Waals surface area contributed by atoms with Crippen LogP contribution in [0, 0.1) is 0 Å². The summed E-state index contributed by atoms with van der Waals surface area (Å²) >= 11 is 0. The van der Waals surface area contributed by atoms with Gasteiger partial charge in [0, 0.05) is 5.69 Å². The molecular weight excluding hydrogens is 345 g/mol. The number of hydrogen-bond acceptors (Lipinski definition) is 3. The first-order chi connectivity index (χ1) is 12.5. The van der Waals surface area contributed by atoms with Gasteiger partial charge in [0.2, 0.25) is 0 Å². The summed E-state index contributed by atoms with van der Waals surface area (Å²) in [6.45, 7) is 4.26. The maximum absolute atomic E-state index is 13.4. The van der Waals surface area contributed by atoms with E-state index in [2.05, 4.69) is 18.9 Å². The van der Waals surface area contributed by atoms with Crippen LogP contribution in [0.1, 0.15) is 25.3 Å². The van der Waals surface area contributed by atoms with Crippen LogP contribution in [0.3, 0.4) is 0 Å². The third-order valence-electron chi connectivity index (χ3n) is 3.78. The second-order valence-electron chi connectivity index (χ2n) is 6.19. The topological polar surface area (TPSA) is 47.6 Å². The predicted molar refractivity (Wildman–Crippen MR) is 106 cm³/mol. The molecule has 0 spiro atoms. The molecule has 0 aromatic heterocycles. The lowest BCUT2D eigenvalue weighted by Crippen LogP contribution is -2.10. The molecule has 134 valence electrons. The highest BCUT2D eigenvalue weighted by molar-refractivity contribution is 7.56. The molecule has 4 nitrogen and oxygen atoms in total. The zero-order valence-corrected chi connectivity index (χ0v) is 15.7. The Balaban J connectivity index is 1.85. The second-order valence-corrected chi connectivity index (χ2v) is 7.78. The van der Waals surface area contributed by atoms with Crippen LogP contribution < -0.4 is 14.1 Å². The standard InChI is InChI=1S/C21H22NO3P/c1-17(2)18-13-15-19(16-14-18)22-26(23,24-20-9-5-3-6-10-20)25-21-11-7-4-8-12-21/h3-17H,1-2H3,(H,22,23). The Morgan fingerprint density at radius 2 is 1.19 bits per heavy atom.